The van der Waals surface area contributed by atoms with Gasteiger partial charge in [0.25, 0.3) is 5.91 Å². The summed E-state index contributed by atoms with van der Waals surface area (Å²) in [6.45, 7) is 11.8. The van der Waals surface area contributed by atoms with Gasteiger partial charge in [0.05, 0.1) is 19.6 Å². The predicted octanol–water partition coefficient (Wildman–Crippen LogP) is 3.65. The molecule has 1 saturated heterocycles. The molecule has 1 spiro atoms. The molecule has 2 aliphatic rings. The van der Waals surface area contributed by atoms with Crippen molar-refractivity contribution in [1.29, 1.82) is 0 Å². The number of amides is 1. The number of rotatable bonds is 3. The van der Waals surface area contributed by atoms with Crippen LogP contribution in [0, 0.1) is 0 Å². The van der Waals surface area contributed by atoms with Crippen molar-refractivity contribution in [3.05, 3.63) is 71.3 Å². The van der Waals surface area contributed by atoms with Crippen LogP contribution in [0.5, 0.6) is 0 Å². The lowest BCUT2D eigenvalue weighted by atomic mass is 9.86. The van der Waals surface area contributed by atoms with Crippen LogP contribution in [-0.4, -0.2) is 46.8 Å². The lowest BCUT2D eigenvalue weighted by Gasteiger charge is -2.40. The quantitative estimate of drug-likeness (QED) is 0.749. The van der Waals surface area contributed by atoms with Gasteiger partial charge in [-0.25, -0.2) is 0 Å². The van der Waals surface area contributed by atoms with Gasteiger partial charge in [-0.3, -0.25) is 14.7 Å². The fourth-order valence-corrected chi connectivity index (χ4v) is 5.02. The van der Waals surface area contributed by atoms with Gasteiger partial charge in [-0.05, 0) is 30.0 Å². The third kappa shape index (κ3) is 4.09. The zero-order chi connectivity index (χ0) is 22.2. The van der Waals surface area contributed by atoms with Crippen LogP contribution in [0.15, 0.2) is 59.6 Å². The summed E-state index contributed by atoms with van der Waals surface area (Å²) in [5.74, 6) is -0.0416. The van der Waals surface area contributed by atoms with Crippen LogP contribution in [0.3, 0.4) is 0 Å². The molecule has 0 bridgehead atoms. The molecule has 4 nitrogen and oxygen atoms in total. The number of likely N-dealkylation sites (tertiary alicyclic amines) is 1. The zero-order valence-corrected chi connectivity index (χ0v) is 19.8. The number of nitrogens with one attached hydrogen (secondary N) is 1. The van der Waals surface area contributed by atoms with Gasteiger partial charge in [-0.15, -0.1) is 0 Å². The molecule has 2 aromatic carbocycles. The van der Waals surface area contributed by atoms with Gasteiger partial charge in [0, 0.05) is 24.0 Å². The summed E-state index contributed by atoms with van der Waals surface area (Å²) in [6, 6.07) is 18.0. The highest BCUT2D eigenvalue weighted by Crippen LogP contribution is 2.36. The van der Waals surface area contributed by atoms with E-state index in [0.717, 1.165) is 43.8 Å². The predicted molar refractivity (Wildman–Crippen MR) is 130 cm³/mol. The normalized spacial score (nSPS) is 23.9. The second kappa shape index (κ2) is 8.29. The van der Waals surface area contributed by atoms with Gasteiger partial charge in [-0.1, -0.05) is 75.5 Å². The van der Waals surface area contributed by atoms with E-state index in [0.29, 0.717) is 10.6 Å². The van der Waals surface area contributed by atoms with Crippen LogP contribution in [0.2, 0.25) is 0 Å². The number of thiocarbonyl (C=S) groups is 1. The van der Waals surface area contributed by atoms with Gasteiger partial charge in [0.2, 0.25) is 0 Å². The first-order valence-electron chi connectivity index (χ1n) is 11.2. The molecule has 31 heavy (non-hydrogen) atoms. The summed E-state index contributed by atoms with van der Waals surface area (Å²) in [5.41, 5.74) is 3.12. The number of hydrogen-bond donors (Lipinski definition) is 1. The minimum Gasteiger partial charge on any atom is -0.335 e. The molecule has 4 rings (SSSR count). The number of aliphatic imine (C=N–C) groups is 1. The molecule has 0 aromatic heterocycles. The average molecular weight is 435 g/mol. The third-order valence-electron chi connectivity index (χ3n) is 6.65. The molecule has 0 aliphatic carbocycles. The Bertz CT molecular complexity index is 997. The van der Waals surface area contributed by atoms with Crippen molar-refractivity contribution in [3.8, 4) is 0 Å². The molecule has 1 amide bonds. The minimum absolute atomic E-state index is 0.0416. The first kappa shape index (κ1) is 21.8. The molecule has 1 N–H and O–H groups in total. The van der Waals surface area contributed by atoms with Crippen LogP contribution < -0.4 is 4.90 Å². The Morgan fingerprint density at radius 3 is 2.23 bits per heavy atom. The molecule has 2 aromatic rings. The molecule has 162 valence electrons. The Morgan fingerprint density at radius 1 is 1.06 bits per heavy atom. The van der Waals surface area contributed by atoms with E-state index in [1.54, 1.807) is 4.90 Å². The second-order valence-corrected chi connectivity index (χ2v) is 10.1. The van der Waals surface area contributed by atoms with Crippen LogP contribution in [-0.2, 0) is 5.41 Å². The summed E-state index contributed by atoms with van der Waals surface area (Å²) >= 11 is 5.88. The first-order valence-corrected chi connectivity index (χ1v) is 11.6. The van der Waals surface area contributed by atoms with Crippen LogP contribution in [0.25, 0.3) is 0 Å². The van der Waals surface area contributed by atoms with Crippen molar-refractivity contribution in [2.75, 3.05) is 19.6 Å². The molecule has 2 aliphatic heterocycles. The summed E-state index contributed by atoms with van der Waals surface area (Å²) in [4.78, 5) is 22.9. The fourth-order valence-electron chi connectivity index (χ4n) is 4.60. The minimum atomic E-state index is -0.569. The zero-order valence-electron chi connectivity index (χ0n) is 18.9. The maximum Gasteiger partial charge on any atom is 0.260 e. The Morgan fingerprint density at radius 2 is 1.68 bits per heavy atom. The largest absolute Gasteiger partial charge is 0.335 e. The van der Waals surface area contributed by atoms with Gasteiger partial charge in [0.15, 0.2) is 5.66 Å². The monoisotopic (exact) mass is 434 g/mol. The number of hydrogen-bond acceptors (Lipinski definition) is 3. The van der Waals surface area contributed by atoms with Crippen molar-refractivity contribution < 1.29 is 9.69 Å². The van der Waals surface area contributed by atoms with Gasteiger partial charge in [0.1, 0.15) is 10.7 Å². The maximum absolute atomic E-state index is 13.8. The standard InChI is InChI=1S/C26H31N3OS/c1-5-28-17-15-26(16-18-28)27-22(19-9-7-6-8-10-19)24(31)29(26)23(30)20-11-13-21(14-12-20)25(2,3)4/h6-14H,5,15-18H2,1-4H3/p+1. The molecule has 2 heterocycles. The molecule has 0 saturated carbocycles. The topological polar surface area (TPSA) is 37.1 Å². The molecule has 5 heteroatoms. The Hall–Kier alpha value is -2.37. The van der Waals surface area contributed by atoms with Crippen molar-refractivity contribution in [2.24, 2.45) is 4.99 Å². The smallest absolute Gasteiger partial charge is 0.260 e. The van der Waals surface area contributed by atoms with Crippen molar-refractivity contribution >= 4 is 28.8 Å². The maximum atomic E-state index is 13.8. The molecule has 1 fully saturated rings. The summed E-state index contributed by atoms with van der Waals surface area (Å²) in [5, 5.41) is 0. The van der Waals surface area contributed by atoms with Crippen LogP contribution in [0.1, 0.15) is 62.0 Å². The fraction of sp³-hybridized carbons (Fsp3) is 0.423. The summed E-state index contributed by atoms with van der Waals surface area (Å²) < 4.78 is 0. The Balaban J connectivity index is 1.71. The number of carbonyl (C=O) groups excluding carboxylic acids is 1. The number of benzene rings is 2. The van der Waals surface area contributed by atoms with Crippen LogP contribution in [0.4, 0.5) is 0 Å². The van der Waals surface area contributed by atoms with E-state index in [1.807, 2.05) is 47.4 Å². The van der Waals surface area contributed by atoms with Gasteiger partial charge >= 0.3 is 0 Å². The molecule has 0 radical (unpaired) electrons. The van der Waals surface area contributed by atoms with E-state index in [4.69, 9.17) is 17.2 Å². The van der Waals surface area contributed by atoms with E-state index < -0.39 is 5.66 Å². The van der Waals surface area contributed by atoms with E-state index >= 15 is 0 Å². The molecule has 0 atom stereocenters. The van der Waals surface area contributed by atoms with Crippen LogP contribution >= 0.6 is 12.2 Å². The third-order valence-corrected chi connectivity index (χ3v) is 7.02. The second-order valence-electron chi connectivity index (χ2n) is 9.69. The highest BCUT2D eigenvalue weighted by atomic mass is 32.1. The highest BCUT2D eigenvalue weighted by molar-refractivity contribution is 7.82. The number of nitrogens with zero attached hydrogens (tertiary/aromatic N) is 2. The van der Waals surface area contributed by atoms with Gasteiger partial charge < -0.3 is 4.90 Å². The van der Waals surface area contributed by atoms with E-state index in [9.17, 15) is 4.79 Å². The van der Waals surface area contributed by atoms with Gasteiger partial charge in [-0.2, -0.15) is 0 Å². The number of carbonyl (C=O) groups is 1. The van der Waals surface area contributed by atoms with E-state index in [2.05, 4.69) is 39.8 Å². The van der Waals surface area contributed by atoms with Crippen molar-refractivity contribution in [3.63, 3.8) is 0 Å². The first-order chi connectivity index (χ1) is 14.7. The summed E-state index contributed by atoms with van der Waals surface area (Å²) in [6.07, 6.45) is 1.66. The molecular weight excluding hydrogens is 402 g/mol. The average Bonchev–Trinajstić information content (AvgIpc) is 3.05. The Labute approximate surface area is 191 Å². The van der Waals surface area contributed by atoms with Crippen molar-refractivity contribution in [2.45, 2.75) is 51.6 Å². The van der Waals surface area contributed by atoms with E-state index in [1.165, 1.54) is 5.56 Å². The number of piperidine rings is 1. The Kier molecular flexibility index (Phi) is 5.84. The lowest BCUT2D eigenvalue weighted by Crippen LogP contribution is -3.13. The SMILES string of the molecule is CC[NH+]1CCC2(CC1)N=C(c1ccccc1)C(=S)N2C(=O)c1ccc(C(C)(C)C)cc1. The lowest BCUT2D eigenvalue weighted by molar-refractivity contribution is -0.904. The number of quaternary nitrogens is 1. The molecule has 0 unspecified atom stereocenters. The molecular formula is C26H32N3OS+. The van der Waals surface area contributed by atoms with E-state index in [-0.39, 0.29) is 11.3 Å². The van der Waals surface area contributed by atoms with Crippen molar-refractivity contribution in [1.82, 2.24) is 4.90 Å². The highest BCUT2D eigenvalue weighted by Gasteiger charge is 2.51. The summed E-state index contributed by atoms with van der Waals surface area (Å²) in [7, 11) is 0.